The first-order valence-corrected chi connectivity index (χ1v) is 12.3. The van der Waals surface area contributed by atoms with Crippen molar-refractivity contribution in [2.75, 3.05) is 31.2 Å². The Labute approximate surface area is 204 Å². The number of nitrogens with zero attached hydrogens (tertiary/aromatic N) is 3. The van der Waals surface area contributed by atoms with E-state index in [4.69, 9.17) is 9.29 Å². The van der Waals surface area contributed by atoms with Gasteiger partial charge >= 0.3 is 12.3 Å². The van der Waals surface area contributed by atoms with Crippen molar-refractivity contribution in [2.45, 2.75) is 32.1 Å². The standard InChI is InChI=1S/C20H21F5N4O2.CH4O3S/c1-13-2-4-14(5-3-13)11-31-18(30)29-7-6-15(19(21,22)12-29)8-26-17-27-9-16(10-28-17)20(23,24)25;1-5(2,3)4/h2-5,9-10,15H,6-8,11-12H2,1H3,(H,26,27,28);1H3,(H,2,3,4). The van der Waals surface area contributed by atoms with Gasteiger partial charge in [-0.1, -0.05) is 29.8 Å². The Morgan fingerprint density at radius 3 is 2.28 bits per heavy atom. The van der Waals surface area contributed by atoms with Crippen molar-refractivity contribution in [1.82, 2.24) is 14.9 Å². The summed E-state index contributed by atoms with van der Waals surface area (Å²) in [7, 11) is -3.67. The first-order chi connectivity index (χ1) is 16.5. The minimum absolute atomic E-state index is 0.0136. The zero-order valence-electron chi connectivity index (χ0n) is 19.3. The van der Waals surface area contributed by atoms with Gasteiger partial charge in [0.25, 0.3) is 16.0 Å². The molecule has 0 bridgehead atoms. The van der Waals surface area contributed by atoms with Gasteiger partial charge in [-0.05, 0) is 18.9 Å². The van der Waals surface area contributed by atoms with E-state index >= 15 is 0 Å². The van der Waals surface area contributed by atoms with E-state index in [-0.39, 0.29) is 32.1 Å². The molecule has 1 aliphatic rings. The maximum atomic E-state index is 14.5. The Balaban J connectivity index is 0.000000830. The number of aryl methyl sites for hydroxylation is 1. The molecule has 2 N–H and O–H groups in total. The highest BCUT2D eigenvalue weighted by Crippen LogP contribution is 2.33. The minimum atomic E-state index is -4.58. The summed E-state index contributed by atoms with van der Waals surface area (Å²) >= 11 is 0. The van der Waals surface area contributed by atoms with Crippen LogP contribution in [0.3, 0.4) is 0 Å². The summed E-state index contributed by atoms with van der Waals surface area (Å²) in [6.07, 6.45) is -3.53. The second-order valence-electron chi connectivity index (χ2n) is 8.12. The van der Waals surface area contributed by atoms with Crippen molar-refractivity contribution >= 4 is 22.2 Å². The first kappa shape index (κ1) is 29.2. The third kappa shape index (κ3) is 9.89. The Hall–Kier alpha value is -3.07. The van der Waals surface area contributed by atoms with E-state index in [2.05, 4.69) is 15.3 Å². The van der Waals surface area contributed by atoms with Crippen molar-refractivity contribution in [3.63, 3.8) is 0 Å². The van der Waals surface area contributed by atoms with Crippen LogP contribution in [0.1, 0.15) is 23.1 Å². The van der Waals surface area contributed by atoms with Gasteiger partial charge in [0, 0.05) is 31.4 Å². The van der Waals surface area contributed by atoms with Crippen LogP contribution >= 0.6 is 0 Å². The molecule has 36 heavy (non-hydrogen) atoms. The quantitative estimate of drug-likeness (QED) is 0.431. The topological polar surface area (TPSA) is 122 Å². The number of hydrogen-bond acceptors (Lipinski definition) is 7. The van der Waals surface area contributed by atoms with Gasteiger partial charge < -0.3 is 15.0 Å². The molecule has 1 saturated heterocycles. The van der Waals surface area contributed by atoms with Crippen molar-refractivity contribution in [2.24, 2.45) is 5.92 Å². The lowest BCUT2D eigenvalue weighted by molar-refractivity contribution is -0.138. The molecule has 0 radical (unpaired) electrons. The van der Waals surface area contributed by atoms with Crippen LogP contribution in [-0.2, 0) is 27.6 Å². The number of carbonyl (C=O) groups excluding carboxylic acids is 1. The molecule has 15 heteroatoms. The maximum absolute atomic E-state index is 14.5. The molecule has 1 aliphatic heterocycles. The summed E-state index contributed by atoms with van der Waals surface area (Å²) in [5.74, 6) is -4.52. The first-order valence-electron chi connectivity index (χ1n) is 10.5. The SMILES string of the molecule is CS(=O)(=O)O.Cc1ccc(COC(=O)N2CCC(CNc3ncc(C(F)(F)F)cn3)C(F)(F)C2)cc1. The van der Waals surface area contributed by atoms with Gasteiger partial charge in [0.05, 0.1) is 18.4 Å². The number of nitrogens with one attached hydrogen (secondary N) is 1. The highest BCUT2D eigenvalue weighted by atomic mass is 32.2. The number of aromatic nitrogens is 2. The van der Waals surface area contributed by atoms with Gasteiger partial charge in [0.1, 0.15) is 6.61 Å². The van der Waals surface area contributed by atoms with E-state index in [1.807, 2.05) is 19.1 Å². The molecule has 0 saturated carbocycles. The normalized spacial score (nSPS) is 17.6. The third-order valence-electron chi connectivity index (χ3n) is 4.97. The third-order valence-corrected chi connectivity index (χ3v) is 4.97. The lowest BCUT2D eigenvalue weighted by atomic mass is 9.93. The van der Waals surface area contributed by atoms with Gasteiger partial charge in [0.2, 0.25) is 5.95 Å². The average molecular weight is 541 g/mol. The van der Waals surface area contributed by atoms with Gasteiger partial charge in [-0.25, -0.2) is 23.5 Å². The van der Waals surface area contributed by atoms with Crippen LogP contribution in [0.15, 0.2) is 36.7 Å². The van der Waals surface area contributed by atoms with Gasteiger partial charge in [-0.2, -0.15) is 21.6 Å². The maximum Gasteiger partial charge on any atom is 0.419 e. The van der Waals surface area contributed by atoms with Crippen LogP contribution in [0.2, 0.25) is 0 Å². The molecule has 1 unspecified atom stereocenters. The van der Waals surface area contributed by atoms with Crippen LogP contribution < -0.4 is 5.32 Å². The Bertz CT molecular complexity index is 1110. The number of piperidine rings is 1. The minimum Gasteiger partial charge on any atom is -0.445 e. The van der Waals surface area contributed by atoms with E-state index in [0.717, 1.165) is 16.0 Å². The Morgan fingerprint density at radius 2 is 1.78 bits per heavy atom. The molecule has 0 spiro atoms. The number of ether oxygens (including phenoxy) is 1. The average Bonchev–Trinajstić information content (AvgIpc) is 2.75. The molecule has 3 rings (SSSR count). The van der Waals surface area contributed by atoms with Crippen molar-refractivity contribution in [3.05, 3.63) is 53.3 Å². The lowest BCUT2D eigenvalue weighted by Crippen LogP contribution is -2.52. The summed E-state index contributed by atoms with van der Waals surface area (Å²) in [6, 6.07) is 7.29. The van der Waals surface area contributed by atoms with Gasteiger partial charge in [0.15, 0.2) is 0 Å². The molecule has 1 fully saturated rings. The Morgan fingerprint density at radius 1 is 1.22 bits per heavy atom. The van der Waals surface area contributed by atoms with Crippen molar-refractivity contribution in [3.8, 4) is 0 Å². The van der Waals surface area contributed by atoms with E-state index in [0.29, 0.717) is 18.6 Å². The van der Waals surface area contributed by atoms with Crippen LogP contribution in [0.5, 0.6) is 0 Å². The molecule has 9 nitrogen and oxygen atoms in total. The molecule has 1 atom stereocenters. The zero-order valence-corrected chi connectivity index (χ0v) is 20.1. The van der Waals surface area contributed by atoms with Gasteiger partial charge in [-0.3, -0.25) is 4.55 Å². The van der Waals surface area contributed by atoms with Crippen LogP contribution in [0, 0.1) is 12.8 Å². The second-order valence-corrected chi connectivity index (χ2v) is 9.58. The predicted molar refractivity (Wildman–Crippen MR) is 119 cm³/mol. The summed E-state index contributed by atoms with van der Waals surface area (Å²) in [5, 5.41) is 2.54. The number of carbonyl (C=O) groups is 1. The monoisotopic (exact) mass is 540 g/mol. The fourth-order valence-corrected chi connectivity index (χ4v) is 3.09. The van der Waals surface area contributed by atoms with Crippen LogP contribution in [-0.4, -0.2) is 65.7 Å². The van der Waals surface area contributed by atoms with Crippen molar-refractivity contribution < 1.29 is 44.5 Å². The fourth-order valence-electron chi connectivity index (χ4n) is 3.09. The number of benzene rings is 1. The number of alkyl halides is 5. The lowest BCUT2D eigenvalue weighted by Gasteiger charge is -2.37. The molecular formula is C21H25F5N4O5S. The van der Waals surface area contributed by atoms with Crippen molar-refractivity contribution in [1.29, 1.82) is 0 Å². The molecule has 1 aromatic carbocycles. The summed E-state index contributed by atoms with van der Waals surface area (Å²) in [4.78, 5) is 20.1. The highest BCUT2D eigenvalue weighted by molar-refractivity contribution is 7.85. The second kappa shape index (κ2) is 11.8. The number of hydrogen-bond donors (Lipinski definition) is 2. The molecule has 1 aromatic heterocycles. The number of amides is 1. The molecule has 200 valence electrons. The molecule has 0 aliphatic carbocycles. The molecule has 2 heterocycles. The number of likely N-dealkylation sites (tertiary alicyclic amines) is 1. The van der Waals surface area contributed by atoms with E-state index < -0.39 is 46.3 Å². The molecule has 1 amide bonds. The highest BCUT2D eigenvalue weighted by Gasteiger charge is 2.46. The fraction of sp³-hybridized carbons (Fsp3) is 0.476. The van der Waals surface area contributed by atoms with E-state index in [9.17, 15) is 35.2 Å². The predicted octanol–water partition coefficient (Wildman–Crippen LogP) is 4.01. The zero-order chi connectivity index (χ0) is 27.1. The summed E-state index contributed by atoms with van der Waals surface area (Å²) < 4.78 is 97.6. The molecular weight excluding hydrogens is 515 g/mol. The van der Waals surface area contributed by atoms with Crippen LogP contribution in [0.25, 0.3) is 0 Å². The molecule has 2 aromatic rings. The Kier molecular flexibility index (Phi) is 9.54. The number of anilines is 1. The summed E-state index contributed by atoms with van der Waals surface area (Å²) in [5.41, 5.74) is 0.772. The number of halogens is 5. The smallest absolute Gasteiger partial charge is 0.419 e. The summed E-state index contributed by atoms with van der Waals surface area (Å²) in [6.45, 7) is 0.922. The van der Waals surface area contributed by atoms with Gasteiger partial charge in [-0.15, -0.1) is 0 Å². The van der Waals surface area contributed by atoms with E-state index in [1.54, 1.807) is 12.1 Å². The largest absolute Gasteiger partial charge is 0.445 e. The number of rotatable bonds is 5. The van der Waals surface area contributed by atoms with E-state index in [1.165, 1.54) is 0 Å². The van der Waals surface area contributed by atoms with Crippen LogP contribution in [0.4, 0.5) is 32.7 Å².